The van der Waals surface area contributed by atoms with Gasteiger partial charge in [0, 0.05) is 16.7 Å². The van der Waals surface area contributed by atoms with Crippen LogP contribution >= 0.6 is 0 Å². The highest BCUT2D eigenvalue weighted by molar-refractivity contribution is 5.74. The molecule has 0 heterocycles. The Morgan fingerprint density at radius 3 is 1.70 bits per heavy atom. The molecule has 4 heteroatoms. The van der Waals surface area contributed by atoms with Crippen molar-refractivity contribution in [3.8, 4) is 22.3 Å². The lowest BCUT2D eigenvalue weighted by molar-refractivity contribution is 0.187. The number of rotatable bonds is 15. The van der Waals surface area contributed by atoms with Crippen molar-refractivity contribution in [1.29, 1.82) is 0 Å². The molecule has 47 heavy (non-hydrogen) atoms. The quantitative estimate of drug-likeness (QED) is 0.114. The minimum Gasteiger partial charge on any atom is -0.203 e. The first kappa shape index (κ1) is 35.4. The Balaban J connectivity index is 1.18. The van der Waals surface area contributed by atoms with Crippen molar-refractivity contribution in [3.05, 3.63) is 89.0 Å². The molecule has 1 saturated carbocycles. The summed E-state index contributed by atoms with van der Waals surface area (Å²) in [7, 11) is 0. The summed E-state index contributed by atoms with van der Waals surface area (Å²) in [6, 6.07) is 13.2. The Kier molecular flexibility index (Phi) is 13.2. The number of hydrogen-bond donors (Lipinski definition) is 0. The van der Waals surface area contributed by atoms with E-state index in [1.807, 2.05) is 0 Å². The lowest BCUT2D eigenvalue weighted by atomic mass is 9.70. The van der Waals surface area contributed by atoms with Gasteiger partial charge in [-0.1, -0.05) is 139 Å². The maximum Gasteiger partial charge on any atom is 0.167 e. The zero-order valence-electron chi connectivity index (χ0n) is 28.7. The van der Waals surface area contributed by atoms with Crippen molar-refractivity contribution < 1.29 is 17.6 Å². The van der Waals surface area contributed by atoms with Gasteiger partial charge < -0.3 is 0 Å². The zero-order chi connectivity index (χ0) is 33.2. The van der Waals surface area contributed by atoms with Gasteiger partial charge in [0.05, 0.1) is 0 Å². The van der Waals surface area contributed by atoms with Crippen molar-refractivity contribution >= 4 is 5.57 Å². The van der Waals surface area contributed by atoms with Gasteiger partial charge in [-0.2, -0.15) is 0 Å². The van der Waals surface area contributed by atoms with Crippen LogP contribution in [0.4, 0.5) is 17.6 Å². The van der Waals surface area contributed by atoms with Crippen molar-refractivity contribution in [3.63, 3.8) is 0 Å². The summed E-state index contributed by atoms with van der Waals surface area (Å²) in [5.41, 5.74) is 3.00. The van der Waals surface area contributed by atoms with Gasteiger partial charge in [0.25, 0.3) is 0 Å². The van der Waals surface area contributed by atoms with E-state index in [9.17, 15) is 4.39 Å². The van der Waals surface area contributed by atoms with Gasteiger partial charge in [0.2, 0.25) is 0 Å². The van der Waals surface area contributed by atoms with Gasteiger partial charge in [-0.25, -0.2) is 17.6 Å². The first-order valence-corrected chi connectivity index (χ1v) is 18.7. The van der Waals surface area contributed by atoms with Crippen molar-refractivity contribution in [2.75, 3.05) is 0 Å². The van der Waals surface area contributed by atoms with Crippen LogP contribution in [0, 0.1) is 41.0 Å². The Bertz CT molecular complexity index is 1460. The molecule has 1 atom stereocenters. The number of halogens is 4. The van der Waals surface area contributed by atoms with E-state index in [-0.39, 0.29) is 11.1 Å². The van der Waals surface area contributed by atoms with Crippen LogP contribution in [-0.4, -0.2) is 0 Å². The third-order valence-corrected chi connectivity index (χ3v) is 11.1. The minimum absolute atomic E-state index is 0.168. The number of aryl methyl sites for hydroxylation is 1. The van der Waals surface area contributed by atoms with Crippen LogP contribution in [0.2, 0.25) is 0 Å². The van der Waals surface area contributed by atoms with Crippen molar-refractivity contribution in [1.82, 2.24) is 0 Å². The van der Waals surface area contributed by atoms with E-state index in [0.717, 1.165) is 62.4 Å². The lowest BCUT2D eigenvalue weighted by Gasteiger charge is -2.35. The Hall–Kier alpha value is -2.88. The molecular weight excluding hydrogens is 592 g/mol. The van der Waals surface area contributed by atoms with E-state index in [2.05, 4.69) is 19.9 Å². The Morgan fingerprint density at radius 2 is 1.09 bits per heavy atom. The molecule has 0 aliphatic heterocycles. The molecule has 2 aliphatic carbocycles. The molecule has 3 aromatic rings. The van der Waals surface area contributed by atoms with Gasteiger partial charge in [0.15, 0.2) is 23.3 Å². The van der Waals surface area contributed by atoms with E-state index in [4.69, 9.17) is 0 Å². The Morgan fingerprint density at radius 1 is 0.532 bits per heavy atom. The van der Waals surface area contributed by atoms with Gasteiger partial charge in [0.1, 0.15) is 0 Å². The molecule has 1 unspecified atom stereocenters. The van der Waals surface area contributed by atoms with Gasteiger partial charge in [-0.15, -0.1) is 0 Å². The first-order chi connectivity index (χ1) is 22.9. The van der Waals surface area contributed by atoms with Crippen LogP contribution in [0.5, 0.6) is 0 Å². The molecule has 254 valence electrons. The topological polar surface area (TPSA) is 0 Å². The lowest BCUT2D eigenvalue weighted by Crippen LogP contribution is -2.23. The number of allylic oxidation sites excluding steroid dienone is 2. The molecule has 0 nitrogen and oxygen atoms in total. The largest absolute Gasteiger partial charge is 0.203 e. The minimum atomic E-state index is -0.865. The molecular formula is C43H54F4. The average molecular weight is 647 g/mol. The number of unbranched alkanes of at least 4 members (excludes halogenated alkanes) is 7. The highest BCUT2D eigenvalue weighted by Crippen LogP contribution is 2.43. The Labute approximate surface area is 281 Å². The fraction of sp³-hybridized carbons (Fsp3) is 0.535. The maximum atomic E-state index is 15.5. The van der Waals surface area contributed by atoms with E-state index >= 15 is 13.2 Å². The van der Waals surface area contributed by atoms with Gasteiger partial charge in [-0.3, -0.25) is 0 Å². The van der Waals surface area contributed by atoms with Gasteiger partial charge in [-0.05, 0) is 85.0 Å². The second-order valence-electron chi connectivity index (χ2n) is 14.3. The van der Waals surface area contributed by atoms with Crippen LogP contribution < -0.4 is 0 Å². The number of hydrogen-bond acceptors (Lipinski definition) is 0. The normalized spacial score (nSPS) is 20.0. The highest BCUT2D eigenvalue weighted by Gasteiger charge is 2.29. The molecule has 3 aromatic carbocycles. The second-order valence-corrected chi connectivity index (χ2v) is 14.3. The van der Waals surface area contributed by atoms with E-state index in [1.54, 1.807) is 48.5 Å². The van der Waals surface area contributed by atoms with E-state index < -0.39 is 23.3 Å². The summed E-state index contributed by atoms with van der Waals surface area (Å²) in [4.78, 5) is 0. The fourth-order valence-electron chi connectivity index (χ4n) is 8.11. The maximum absolute atomic E-state index is 15.5. The fourth-order valence-corrected chi connectivity index (χ4v) is 8.11. The summed E-state index contributed by atoms with van der Waals surface area (Å²) >= 11 is 0. The van der Waals surface area contributed by atoms with Crippen LogP contribution in [-0.2, 0) is 6.42 Å². The monoisotopic (exact) mass is 646 g/mol. The van der Waals surface area contributed by atoms with E-state index in [0.29, 0.717) is 34.6 Å². The standard InChI is InChI=1S/C43H54F4/c1-3-5-7-9-10-12-30-14-16-31(17-15-30)32-18-20-33(21-19-32)38-28-29-39(43(47)42(38)46)35-24-22-34(23-25-35)37-27-26-36(40(44)41(37)45)13-11-8-6-4-2/h20,22-32H,3-19,21H2,1-2H3. The third-order valence-electron chi connectivity index (χ3n) is 11.1. The summed E-state index contributed by atoms with van der Waals surface area (Å²) in [5, 5.41) is 0. The summed E-state index contributed by atoms with van der Waals surface area (Å²) in [5.74, 6) is -1.03. The molecule has 0 radical (unpaired) electrons. The summed E-state index contributed by atoms with van der Waals surface area (Å²) in [6.45, 7) is 4.38. The predicted molar refractivity (Wildman–Crippen MR) is 189 cm³/mol. The SMILES string of the molecule is CCCCCCCC1CCC(C2CC=C(c3ccc(-c4ccc(-c5ccc(CCCCCC)c(F)c5F)cc4)c(F)c3F)CC2)CC1. The molecule has 2 aliphatic rings. The molecule has 0 N–H and O–H groups in total. The van der Waals surface area contributed by atoms with Crippen LogP contribution in [0.3, 0.4) is 0 Å². The molecule has 0 saturated heterocycles. The molecule has 0 spiro atoms. The van der Waals surface area contributed by atoms with Crippen molar-refractivity contribution in [2.24, 2.45) is 17.8 Å². The molecule has 0 aromatic heterocycles. The highest BCUT2D eigenvalue weighted by atomic mass is 19.2. The smallest absolute Gasteiger partial charge is 0.167 e. The molecule has 1 fully saturated rings. The number of benzene rings is 3. The predicted octanol–water partition coefficient (Wildman–Crippen LogP) is 14.1. The molecule has 0 amide bonds. The zero-order valence-corrected chi connectivity index (χ0v) is 28.7. The average Bonchev–Trinajstić information content (AvgIpc) is 3.10. The first-order valence-electron chi connectivity index (χ1n) is 18.7. The summed E-state index contributed by atoms with van der Waals surface area (Å²) in [6.07, 6.45) is 23.0. The van der Waals surface area contributed by atoms with Gasteiger partial charge >= 0.3 is 0 Å². The second kappa shape index (κ2) is 17.5. The van der Waals surface area contributed by atoms with Crippen LogP contribution in [0.1, 0.15) is 134 Å². The summed E-state index contributed by atoms with van der Waals surface area (Å²) < 4.78 is 60.8. The third kappa shape index (κ3) is 8.98. The molecule has 5 rings (SSSR count). The van der Waals surface area contributed by atoms with E-state index in [1.165, 1.54) is 64.2 Å². The van der Waals surface area contributed by atoms with Crippen molar-refractivity contribution in [2.45, 2.75) is 129 Å². The van der Waals surface area contributed by atoms with Crippen LogP contribution in [0.25, 0.3) is 27.8 Å². The van der Waals surface area contributed by atoms with Crippen LogP contribution in [0.15, 0.2) is 54.6 Å². The molecule has 0 bridgehead atoms.